The average molecular weight is 228 g/mol. The summed E-state index contributed by atoms with van der Waals surface area (Å²) in [7, 11) is 1.84. The second-order valence-electron chi connectivity index (χ2n) is 5.72. The number of carbonyl (C=O) groups is 1. The first-order valence-corrected chi connectivity index (χ1v) is 6.00. The van der Waals surface area contributed by atoms with Crippen molar-refractivity contribution in [1.29, 1.82) is 0 Å². The topological polar surface area (TPSA) is 52.6 Å². The zero-order valence-corrected chi connectivity index (χ0v) is 10.8. The Balaban J connectivity index is 2.29. The molecule has 2 N–H and O–H groups in total. The van der Waals surface area contributed by atoms with Crippen molar-refractivity contribution in [3.8, 4) is 0 Å². The van der Waals surface area contributed by atoms with Gasteiger partial charge in [-0.1, -0.05) is 13.8 Å². The van der Waals surface area contributed by atoms with E-state index in [-0.39, 0.29) is 17.6 Å². The lowest BCUT2D eigenvalue weighted by Gasteiger charge is -2.28. The normalized spacial score (nSPS) is 18.1. The van der Waals surface area contributed by atoms with Gasteiger partial charge in [0, 0.05) is 19.6 Å². The Morgan fingerprint density at radius 2 is 2.12 bits per heavy atom. The van der Waals surface area contributed by atoms with Gasteiger partial charge in [-0.2, -0.15) is 0 Å². The van der Waals surface area contributed by atoms with Gasteiger partial charge in [0.1, 0.15) is 0 Å². The number of amides is 2. The first-order valence-electron chi connectivity index (χ1n) is 6.00. The highest BCUT2D eigenvalue weighted by Gasteiger charge is 2.30. The van der Waals surface area contributed by atoms with E-state index in [4.69, 9.17) is 0 Å². The van der Waals surface area contributed by atoms with E-state index in [1.165, 1.54) is 0 Å². The smallest absolute Gasteiger partial charge is 0.317 e. The van der Waals surface area contributed by atoms with Gasteiger partial charge in [0.2, 0.25) is 0 Å². The SMILES string of the molecule is CC(O)CC(C)(C)CNC(=O)N(C)C1CC1. The molecule has 0 spiro atoms. The van der Waals surface area contributed by atoms with Crippen molar-refractivity contribution in [3.05, 3.63) is 0 Å². The fraction of sp³-hybridized carbons (Fsp3) is 0.917. The molecule has 2 amide bonds. The van der Waals surface area contributed by atoms with Crippen LogP contribution in [0.2, 0.25) is 0 Å². The maximum absolute atomic E-state index is 11.7. The fourth-order valence-electron chi connectivity index (χ4n) is 1.94. The number of aliphatic hydroxyl groups is 1. The summed E-state index contributed by atoms with van der Waals surface area (Å²) in [4.78, 5) is 13.5. The molecule has 1 aliphatic carbocycles. The molecule has 0 bridgehead atoms. The van der Waals surface area contributed by atoms with Crippen LogP contribution in [0.5, 0.6) is 0 Å². The van der Waals surface area contributed by atoms with Crippen molar-refractivity contribution in [2.24, 2.45) is 5.41 Å². The number of hydrogen-bond acceptors (Lipinski definition) is 2. The number of carbonyl (C=O) groups excluding carboxylic acids is 1. The number of hydrogen-bond donors (Lipinski definition) is 2. The van der Waals surface area contributed by atoms with E-state index in [2.05, 4.69) is 19.2 Å². The van der Waals surface area contributed by atoms with Crippen LogP contribution in [0.3, 0.4) is 0 Å². The number of nitrogens with zero attached hydrogens (tertiary/aromatic N) is 1. The molecule has 0 aromatic carbocycles. The van der Waals surface area contributed by atoms with E-state index in [0.717, 1.165) is 12.8 Å². The minimum atomic E-state index is -0.326. The Labute approximate surface area is 98.0 Å². The van der Waals surface area contributed by atoms with Crippen LogP contribution in [0, 0.1) is 5.41 Å². The predicted octanol–water partition coefficient (Wildman–Crippen LogP) is 1.59. The summed E-state index contributed by atoms with van der Waals surface area (Å²) in [5.41, 5.74) is -0.0613. The predicted molar refractivity (Wildman–Crippen MR) is 64.3 cm³/mol. The third-order valence-electron chi connectivity index (χ3n) is 2.98. The van der Waals surface area contributed by atoms with Crippen LogP contribution < -0.4 is 5.32 Å². The van der Waals surface area contributed by atoms with Gasteiger partial charge in [-0.3, -0.25) is 0 Å². The van der Waals surface area contributed by atoms with Crippen LogP contribution >= 0.6 is 0 Å². The van der Waals surface area contributed by atoms with Crippen LogP contribution in [0.1, 0.15) is 40.0 Å². The van der Waals surface area contributed by atoms with Gasteiger partial charge in [0.15, 0.2) is 0 Å². The van der Waals surface area contributed by atoms with E-state index < -0.39 is 0 Å². The molecule has 16 heavy (non-hydrogen) atoms. The standard InChI is InChI=1S/C12H24N2O2/c1-9(15)7-12(2,3)8-13-11(16)14(4)10-5-6-10/h9-10,15H,5-8H2,1-4H3,(H,13,16). The van der Waals surface area contributed by atoms with Gasteiger partial charge in [-0.15, -0.1) is 0 Å². The summed E-state index contributed by atoms with van der Waals surface area (Å²) in [6.45, 7) is 6.49. The lowest BCUT2D eigenvalue weighted by molar-refractivity contribution is 0.127. The van der Waals surface area contributed by atoms with Gasteiger partial charge in [-0.05, 0) is 31.6 Å². The third-order valence-corrected chi connectivity index (χ3v) is 2.98. The van der Waals surface area contributed by atoms with E-state index >= 15 is 0 Å². The fourth-order valence-corrected chi connectivity index (χ4v) is 1.94. The average Bonchev–Trinajstić information content (AvgIpc) is 2.94. The van der Waals surface area contributed by atoms with Gasteiger partial charge < -0.3 is 15.3 Å². The van der Waals surface area contributed by atoms with Crippen molar-refractivity contribution in [1.82, 2.24) is 10.2 Å². The molecular formula is C12H24N2O2. The van der Waals surface area contributed by atoms with E-state index in [1.54, 1.807) is 11.8 Å². The molecule has 1 saturated carbocycles. The summed E-state index contributed by atoms with van der Waals surface area (Å²) in [6.07, 6.45) is 2.62. The quantitative estimate of drug-likeness (QED) is 0.750. The molecule has 1 rings (SSSR count). The summed E-state index contributed by atoms with van der Waals surface area (Å²) >= 11 is 0. The molecular weight excluding hydrogens is 204 g/mol. The molecule has 0 heterocycles. The van der Waals surface area contributed by atoms with E-state index in [0.29, 0.717) is 19.0 Å². The summed E-state index contributed by atoms with van der Waals surface area (Å²) < 4.78 is 0. The highest BCUT2D eigenvalue weighted by molar-refractivity contribution is 5.74. The van der Waals surface area contributed by atoms with E-state index in [9.17, 15) is 9.90 Å². The first kappa shape index (κ1) is 13.3. The zero-order chi connectivity index (χ0) is 12.3. The molecule has 94 valence electrons. The molecule has 1 aliphatic rings. The Kier molecular flexibility index (Phi) is 4.19. The summed E-state index contributed by atoms with van der Waals surface area (Å²) in [5.74, 6) is 0. The van der Waals surface area contributed by atoms with Crippen LogP contribution in [-0.4, -0.2) is 41.8 Å². The molecule has 0 saturated heterocycles. The Hall–Kier alpha value is -0.770. The summed E-state index contributed by atoms with van der Waals surface area (Å²) in [6, 6.07) is 0.445. The van der Waals surface area contributed by atoms with Crippen molar-refractivity contribution < 1.29 is 9.90 Å². The number of urea groups is 1. The molecule has 0 aliphatic heterocycles. The lowest BCUT2D eigenvalue weighted by Crippen LogP contribution is -2.43. The largest absolute Gasteiger partial charge is 0.393 e. The second-order valence-corrected chi connectivity index (χ2v) is 5.72. The first-order chi connectivity index (χ1) is 7.32. The van der Waals surface area contributed by atoms with E-state index in [1.807, 2.05) is 7.05 Å². The molecule has 1 atom stereocenters. The van der Waals surface area contributed by atoms with Crippen molar-refractivity contribution >= 4 is 6.03 Å². The number of rotatable bonds is 5. The zero-order valence-electron chi connectivity index (χ0n) is 10.8. The second kappa shape index (κ2) is 5.04. The Morgan fingerprint density at radius 3 is 2.56 bits per heavy atom. The molecule has 0 aromatic heterocycles. The van der Waals surface area contributed by atoms with Crippen molar-refractivity contribution in [2.45, 2.75) is 52.2 Å². The minimum Gasteiger partial charge on any atom is -0.393 e. The van der Waals surface area contributed by atoms with Crippen LogP contribution in [0.15, 0.2) is 0 Å². The van der Waals surface area contributed by atoms with Crippen LogP contribution in [0.25, 0.3) is 0 Å². The van der Waals surface area contributed by atoms with Crippen LogP contribution in [-0.2, 0) is 0 Å². The molecule has 1 unspecified atom stereocenters. The minimum absolute atomic E-state index is 0.00108. The Morgan fingerprint density at radius 1 is 1.56 bits per heavy atom. The monoisotopic (exact) mass is 228 g/mol. The van der Waals surface area contributed by atoms with Crippen molar-refractivity contribution in [2.75, 3.05) is 13.6 Å². The van der Waals surface area contributed by atoms with Crippen LogP contribution in [0.4, 0.5) is 4.79 Å². The summed E-state index contributed by atoms with van der Waals surface area (Å²) in [5, 5.41) is 12.3. The molecule has 4 heteroatoms. The highest BCUT2D eigenvalue weighted by Crippen LogP contribution is 2.26. The molecule has 0 radical (unpaired) electrons. The van der Waals surface area contributed by atoms with Gasteiger partial charge in [-0.25, -0.2) is 4.79 Å². The highest BCUT2D eigenvalue weighted by atomic mass is 16.3. The molecule has 4 nitrogen and oxygen atoms in total. The maximum Gasteiger partial charge on any atom is 0.317 e. The Bertz CT molecular complexity index is 247. The lowest BCUT2D eigenvalue weighted by atomic mass is 9.87. The third kappa shape index (κ3) is 4.39. The number of nitrogens with one attached hydrogen (secondary N) is 1. The molecule has 0 aromatic rings. The van der Waals surface area contributed by atoms with Gasteiger partial charge >= 0.3 is 6.03 Å². The maximum atomic E-state index is 11.7. The number of aliphatic hydroxyl groups excluding tert-OH is 1. The molecule has 1 fully saturated rings. The van der Waals surface area contributed by atoms with Gasteiger partial charge in [0.25, 0.3) is 0 Å². The van der Waals surface area contributed by atoms with Crippen molar-refractivity contribution in [3.63, 3.8) is 0 Å². The van der Waals surface area contributed by atoms with Gasteiger partial charge in [0.05, 0.1) is 6.10 Å².